The molecule has 0 amide bonds. The molecule has 1 heterocycles. The first-order valence-corrected chi connectivity index (χ1v) is 5.53. The normalized spacial score (nSPS) is 10.4. The topological polar surface area (TPSA) is 72.0 Å². The Labute approximate surface area is 96.3 Å². The number of amidine groups is 1. The van der Waals surface area contributed by atoms with Gasteiger partial charge >= 0.3 is 0 Å². The van der Waals surface area contributed by atoms with Gasteiger partial charge in [-0.25, -0.2) is 4.98 Å². The molecule has 0 saturated heterocycles. The van der Waals surface area contributed by atoms with Crippen molar-refractivity contribution in [2.24, 2.45) is 11.7 Å². The molecule has 88 valence electrons. The molecule has 0 aliphatic carbocycles. The van der Waals surface area contributed by atoms with Crippen LogP contribution in [0.4, 0.5) is 0 Å². The highest BCUT2D eigenvalue weighted by molar-refractivity contribution is 5.92. The summed E-state index contributed by atoms with van der Waals surface area (Å²) in [4.78, 5) is 4.02. The summed E-state index contributed by atoms with van der Waals surface area (Å²) < 4.78 is 5.52. The van der Waals surface area contributed by atoms with Gasteiger partial charge in [-0.1, -0.05) is 13.8 Å². The number of pyridine rings is 1. The van der Waals surface area contributed by atoms with Gasteiger partial charge in [-0.05, 0) is 30.9 Å². The summed E-state index contributed by atoms with van der Waals surface area (Å²) in [5.41, 5.74) is 5.78. The summed E-state index contributed by atoms with van der Waals surface area (Å²) in [6.45, 7) is 5.10. The zero-order chi connectivity index (χ0) is 12.0. The number of nitrogens with two attached hydrogens (primary N) is 1. The van der Waals surface area contributed by atoms with Crippen molar-refractivity contribution >= 4 is 5.84 Å². The molecule has 16 heavy (non-hydrogen) atoms. The van der Waals surface area contributed by atoms with Crippen molar-refractivity contribution in [2.45, 2.75) is 26.7 Å². The van der Waals surface area contributed by atoms with E-state index in [1.165, 1.54) is 6.42 Å². The van der Waals surface area contributed by atoms with Crippen LogP contribution in [0, 0.1) is 11.3 Å². The fraction of sp³-hybridized carbons (Fsp3) is 0.500. The maximum absolute atomic E-state index is 7.20. The van der Waals surface area contributed by atoms with Crippen LogP contribution in [0.25, 0.3) is 0 Å². The molecular formula is C12H19N3O. The van der Waals surface area contributed by atoms with Gasteiger partial charge in [0, 0.05) is 0 Å². The number of hydrogen-bond donors (Lipinski definition) is 2. The van der Waals surface area contributed by atoms with Crippen LogP contribution in [0.5, 0.6) is 5.75 Å². The van der Waals surface area contributed by atoms with E-state index in [2.05, 4.69) is 18.8 Å². The Kier molecular flexibility index (Phi) is 4.76. The minimum Gasteiger partial charge on any atom is -0.492 e. The molecule has 1 aromatic rings. The average molecular weight is 221 g/mol. The Morgan fingerprint density at radius 3 is 2.75 bits per heavy atom. The Hall–Kier alpha value is -1.58. The number of nitrogens with one attached hydrogen (secondary N) is 1. The third kappa shape index (κ3) is 4.29. The summed E-state index contributed by atoms with van der Waals surface area (Å²) in [5.74, 6) is 1.42. The Morgan fingerprint density at radius 1 is 1.50 bits per heavy atom. The molecule has 0 saturated carbocycles. The van der Waals surface area contributed by atoms with Crippen LogP contribution in [-0.4, -0.2) is 17.4 Å². The van der Waals surface area contributed by atoms with Gasteiger partial charge in [0.1, 0.15) is 17.3 Å². The van der Waals surface area contributed by atoms with Crippen molar-refractivity contribution in [3.8, 4) is 5.75 Å². The van der Waals surface area contributed by atoms with Crippen molar-refractivity contribution < 1.29 is 4.74 Å². The molecule has 4 nitrogen and oxygen atoms in total. The summed E-state index contributed by atoms with van der Waals surface area (Å²) in [7, 11) is 0. The molecule has 1 rings (SSSR count). The van der Waals surface area contributed by atoms with Crippen LogP contribution in [-0.2, 0) is 0 Å². The first-order chi connectivity index (χ1) is 7.59. The first-order valence-electron chi connectivity index (χ1n) is 5.53. The van der Waals surface area contributed by atoms with Crippen molar-refractivity contribution in [3.05, 3.63) is 24.0 Å². The summed E-state index contributed by atoms with van der Waals surface area (Å²) >= 11 is 0. The number of nitrogen functional groups attached to an aromatic ring is 1. The Morgan fingerprint density at radius 2 is 2.25 bits per heavy atom. The van der Waals surface area contributed by atoms with Crippen molar-refractivity contribution in [2.75, 3.05) is 6.61 Å². The molecule has 0 radical (unpaired) electrons. The second kappa shape index (κ2) is 6.10. The second-order valence-corrected chi connectivity index (χ2v) is 4.18. The molecule has 4 heteroatoms. The number of nitrogens with zero attached hydrogens (tertiary/aromatic N) is 1. The largest absolute Gasteiger partial charge is 0.492 e. The molecule has 1 aromatic heterocycles. The zero-order valence-corrected chi connectivity index (χ0v) is 9.86. The smallest absolute Gasteiger partial charge is 0.141 e. The molecule has 0 fully saturated rings. The quantitative estimate of drug-likeness (QED) is 0.439. The fourth-order valence-corrected chi connectivity index (χ4v) is 1.31. The zero-order valence-electron chi connectivity index (χ0n) is 9.86. The second-order valence-electron chi connectivity index (χ2n) is 4.18. The fourth-order valence-electron chi connectivity index (χ4n) is 1.31. The van der Waals surface area contributed by atoms with Gasteiger partial charge in [0.05, 0.1) is 12.8 Å². The van der Waals surface area contributed by atoms with Gasteiger partial charge < -0.3 is 10.5 Å². The standard InChI is InChI=1S/C12H19N3O/c1-9(2)4-3-7-16-10-5-6-11(12(13)14)15-8-10/h5-6,8-9H,3-4,7H2,1-2H3,(H3,13,14). The van der Waals surface area contributed by atoms with Crippen LogP contribution >= 0.6 is 0 Å². The van der Waals surface area contributed by atoms with E-state index in [0.717, 1.165) is 12.2 Å². The molecule has 0 atom stereocenters. The maximum Gasteiger partial charge on any atom is 0.141 e. The number of hydrogen-bond acceptors (Lipinski definition) is 3. The molecule has 0 aromatic carbocycles. The predicted molar refractivity (Wildman–Crippen MR) is 64.8 cm³/mol. The van der Waals surface area contributed by atoms with E-state index < -0.39 is 0 Å². The van der Waals surface area contributed by atoms with Gasteiger partial charge in [0.2, 0.25) is 0 Å². The highest BCUT2D eigenvalue weighted by atomic mass is 16.5. The van der Waals surface area contributed by atoms with Gasteiger partial charge in [0.15, 0.2) is 0 Å². The first kappa shape index (κ1) is 12.5. The lowest BCUT2D eigenvalue weighted by Crippen LogP contribution is -2.12. The van der Waals surface area contributed by atoms with E-state index in [-0.39, 0.29) is 5.84 Å². The predicted octanol–water partition coefficient (Wildman–Crippen LogP) is 2.18. The van der Waals surface area contributed by atoms with Gasteiger partial charge in [-0.2, -0.15) is 0 Å². The van der Waals surface area contributed by atoms with Crippen LogP contribution in [0.3, 0.4) is 0 Å². The summed E-state index contributed by atoms with van der Waals surface area (Å²) in [6, 6.07) is 3.49. The highest BCUT2D eigenvalue weighted by Crippen LogP contribution is 2.10. The van der Waals surface area contributed by atoms with E-state index >= 15 is 0 Å². The Balaban J connectivity index is 2.35. The van der Waals surface area contributed by atoms with Crippen LogP contribution in [0.1, 0.15) is 32.4 Å². The van der Waals surface area contributed by atoms with E-state index in [9.17, 15) is 0 Å². The molecule has 0 bridgehead atoms. The molecule has 0 spiro atoms. The number of rotatable bonds is 6. The lowest BCUT2D eigenvalue weighted by atomic mass is 10.1. The van der Waals surface area contributed by atoms with Gasteiger partial charge in [-0.3, -0.25) is 5.41 Å². The highest BCUT2D eigenvalue weighted by Gasteiger charge is 1.99. The lowest BCUT2D eigenvalue weighted by Gasteiger charge is -2.07. The number of ether oxygens (including phenoxy) is 1. The average Bonchev–Trinajstić information content (AvgIpc) is 2.25. The lowest BCUT2D eigenvalue weighted by molar-refractivity contribution is 0.296. The molecular weight excluding hydrogens is 202 g/mol. The molecule has 0 aliphatic heterocycles. The minimum atomic E-state index is -0.0219. The van der Waals surface area contributed by atoms with Crippen LogP contribution in [0.2, 0.25) is 0 Å². The minimum absolute atomic E-state index is 0.0219. The van der Waals surface area contributed by atoms with Crippen LogP contribution in [0.15, 0.2) is 18.3 Å². The molecule has 3 N–H and O–H groups in total. The van der Waals surface area contributed by atoms with E-state index in [4.69, 9.17) is 15.9 Å². The van der Waals surface area contributed by atoms with Crippen LogP contribution < -0.4 is 10.5 Å². The summed E-state index contributed by atoms with van der Waals surface area (Å²) in [5, 5.41) is 7.20. The monoisotopic (exact) mass is 221 g/mol. The molecule has 0 aliphatic rings. The SMILES string of the molecule is CC(C)CCCOc1ccc(C(=N)N)nc1. The van der Waals surface area contributed by atoms with E-state index in [1.54, 1.807) is 18.3 Å². The van der Waals surface area contributed by atoms with Crippen molar-refractivity contribution in [1.82, 2.24) is 4.98 Å². The third-order valence-corrected chi connectivity index (χ3v) is 2.21. The number of aromatic nitrogens is 1. The van der Waals surface area contributed by atoms with Gasteiger partial charge in [-0.15, -0.1) is 0 Å². The van der Waals surface area contributed by atoms with E-state index in [1.807, 2.05) is 0 Å². The molecule has 0 unspecified atom stereocenters. The van der Waals surface area contributed by atoms with Crippen molar-refractivity contribution in [1.29, 1.82) is 5.41 Å². The van der Waals surface area contributed by atoms with Gasteiger partial charge in [0.25, 0.3) is 0 Å². The van der Waals surface area contributed by atoms with Crippen molar-refractivity contribution in [3.63, 3.8) is 0 Å². The maximum atomic E-state index is 7.20. The third-order valence-electron chi connectivity index (χ3n) is 2.21. The summed E-state index contributed by atoms with van der Waals surface area (Å²) in [6.07, 6.45) is 3.82. The van der Waals surface area contributed by atoms with E-state index in [0.29, 0.717) is 18.2 Å². The Bertz CT molecular complexity index is 333.